The van der Waals surface area contributed by atoms with Crippen LogP contribution in [-0.4, -0.2) is 44.7 Å². The molecule has 0 spiro atoms. The number of imidazole rings is 1. The van der Waals surface area contributed by atoms with Gasteiger partial charge in [0.1, 0.15) is 5.69 Å². The van der Waals surface area contributed by atoms with Gasteiger partial charge in [-0.2, -0.15) is 0 Å². The van der Waals surface area contributed by atoms with Crippen molar-refractivity contribution in [1.82, 2.24) is 14.5 Å². The molecule has 1 N–H and O–H groups in total. The van der Waals surface area contributed by atoms with Gasteiger partial charge in [0.05, 0.1) is 18.6 Å². The molecule has 1 aromatic heterocycles. The van der Waals surface area contributed by atoms with E-state index in [2.05, 4.69) is 4.98 Å². The van der Waals surface area contributed by atoms with Crippen LogP contribution in [0.5, 0.6) is 0 Å². The summed E-state index contributed by atoms with van der Waals surface area (Å²) in [5.74, 6) is 0.140. The van der Waals surface area contributed by atoms with Crippen LogP contribution >= 0.6 is 0 Å². The van der Waals surface area contributed by atoms with E-state index in [0.29, 0.717) is 18.8 Å². The Morgan fingerprint density at radius 1 is 1.38 bits per heavy atom. The van der Waals surface area contributed by atoms with E-state index in [1.807, 2.05) is 30.3 Å². The maximum absolute atomic E-state index is 12.7. The first-order valence-electron chi connectivity index (χ1n) is 7.22. The lowest BCUT2D eigenvalue weighted by Crippen LogP contribution is -2.31. The number of hydrogen-bond donors (Lipinski definition) is 1. The highest BCUT2D eigenvalue weighted by atomic mass is 16.3. The van der Waals surface area contributed by atoms with Crippen molar-refractivity contribution in [3.8, 4) is 5.69 Å². The number of carbonyl (C=O) groups is 1. The summed E-state index contributed by atoms with van der Waals surface area (Å²) in [4.78, 5) is 18.6. The van der Waals surface area contributed by atoms with Crippen LogP contribution in [0.15, 0.2) is 42.9 Å². The monoisotopic (exact) mass is 285 g/mol. The third-order valence-electron chi connectivity index (χ3n) is 4.09. The summed E-state index contributed by atoms with van der Waals surface area (Å²) in [6.07, 6.45) is 3.74. The first-order chi connectivity index (χ1) is 10.2. The van der Waals surface area contributed by atoms with Crippen molar-refractivity contribution >= 4 is 5.91 Å². The number of likely N-dealkylation sites (tertiary alicyclic amines) is 1. The number of para-hydroxylation sites is 1. The van der Waals surface area contributed by atoms with E-state index in [1.54, 1.807) is 28.9 Å². The summed E-state index contributed by atoms with van der Waals surface area (Å²) >= 11 is 0. The second-order valence-corrected chi connectivity index (χ2v) is 5.52. The fourth-order valence-electron chi connectivity index (χ4n) is 2.78. The van der Waals surface area contributed by atoms with Crippen LogP contribution in [0.3, 0.4) is 0 Å². The molecule has 1 aromatic carbocycles. The zero-order chi connectivity index (χ0) is 14.8. The summed E-state index contributed by atoms with van der Waals surface area (Å²) in [7, 11) is 0. The topological polar surface area (TPSA) is 58.4 Å². The number of amides is 1. The minimum atomic E-state index is -0.373. The van der Waals surface area contributed by atoms with Gasteiger partial charge in [0.15, 0.2) is 0 Å². The predicted molar refractivity (Wildman–Crippen MR) is 79.3 cm³/mol. The lowest BCUT2D eigenvalue weighted by molar-refractivity contribution is 0.0754. The minimum absolute atomic E-state index is 0.0282. The van der Waals surface area contributed by atoms with E-state index < -0.39 is 0 Å². The van der Waals surface area contributed by atoms with Crippen molar-refractivity contribution in [2.24, 2.45) is 5.92 Å². The Balaban J connectivity index is 1.82. The van der Waals surface area contributed by atoms with Crippen molar-refractivity contribution in [3.63, 3.8) is 0 Å². The van der Waals surface area contributed by atoms with Gasteiger partial charge in [-0.05, 0) is 25.5 Å². The Labute approximate surface area is 123 Å². The van der Waals surface area contributed by atoms with Crippen molar-refractivity contribution in [3.05, 3.63) is 48.5 Å². The Bertz CT molecular complexity index is 621. The van der Waals surface area contributed by atoms with Crippen LogP contribution in [0.1, 0.15) is 23.8 Å². The molecular formula is C16H19N3O2. The molecule has 2 aromatic rings. The van der Waals surface area contributed by atoms with Gasteiger partial charge in [-0.3, -0.25) is 9.36 Å². The molecule has 2 heterocycles. The van der Waals surface area contributed by atoms with Crippen LogP contribution in [0, 0.1) is 5.92 Å². The zero-order valence-electron chi connectivity index (χ0n) is 12.0. The summed E-state index contributed by atoms with van der Waals surface area (Å²) in [6, 6.07) is 9.70. The van der Waals surface area contributed by atoms with E-state index in [-0.39, 0.29) is 17.9 Å². The number of aliphatic hydroxyl groups is 1. The quantitative estimate of drug-likeness (QED) is 0.934. The molecule has 0 bridgehead atoms. The fraction of sp³-hybridized carbons (Fsp3) is 0.375. The lowest BCUT2D eigenvalue weighted by atomic mass is 10.0. The minimum Gasteiger partial charge on any atom is -0.393 e. The van der Waals surface area contributed by atoms with Gasteiger partial charge in [-0.15, -0.1) is 0 Å². The average Bonchev–Trinajstić information content (AvgIpc) is 3.17. The predicted octanol–water partition coefficient (Wildman–Crippen LogP) is 1.72. The molecule has 1 aliphatic heterocycles. The molecule has 2 atom stereocenters. The Kier molecular flexibility index (Phi) is 3.75. The van der Waals surface area contributed by atoms with E-state index in [1.165, 1.54) is 0 Å². The average molecular weight is 285 g/mol. The molecule has 1 fully saturated rings. The molecule has 3 rings (SSSR count). The Morgan fingerprint density at radius 2 is 2.14 bits per heavy atom. The third kappa shape index (κ3) is 2.69. The normalized spacial score (nSPS) is 19.7. The molecule has 0 aliphatic carbocycles. The van der Waals surface area contributed by atoms with Gasteiger partial charge in [0.2, 0.25) is 0 Å². The molecular weight excluding hydrogens is 266 g/mol. The van der Waals surface area contributed by atoms with Gasteiger partial charge < -0.3 is 10.0 Å². The molecule has 5 nitrogen and oxygen atoms in total. The standard InChI is InChI=1S/C16H19N3O2/c1-12(20)13-7-8-18(10-13)16(21)15-9-17-11-19(15)14-5-3-2-4-6-14/h2-6,9,11-13,20H,7-8,10H2,1H3. The Morgan fingerprint density at radius 3 is 2.81 bits per heavy atom. The van der Waals surface area contributed by atoms with E-state index in [9.17, 15) is 9.90 Å². The number of carbonyl (C=O) groups excluding carboxylic acids is 1. The number of rotatable bonds is 3. The highest BCUT2D eigenvalue weighted by Gasteiger charge is 2.30. The SMILES string of the molecule is CC(O)C1CCN(C(=O)c2cncn2-c2ccccc2)C1. The highest BCUT2D eigenvalue weighted by molar-refractivity contribution is 5.93. The molecule has 2 unspecified atom stereocenters. The largest absolute Gasteiger partial charge is 0.393 e. The van der Waals surface area contributed by atoms with Gasteiger partial charge in [0, 0.05) is 24.7 Å². The summed E-state index contributed by atoms with van der Waals surface area (Å²) in [5, 5.41) is 9.66. The zero-order valence-corrected chi connectivity index (χ0v) is 12.0. The summed E-state index contributed by atoms with van der Waals surface area (Å²) in [5.41, 5.74) is 1.48. The smallest absolute Gasteiger partial charge is 0.272 e. The molecule has 0 saturated carbocycles. The van der Waals surface area contributed by atoms with Crippen LogP contribution in [0.2, 0.25) is 0 Å². The van der Waals surface area contributed by atoms with Crippen molar-refractivity contribution in [1.29, 1.82) is 0 Å². The van der Waals surface area contributed by atoms with E-state index in [0.717, 1.165) is 12.1 Å². The molecule has 110 valence electrons. The van der Waals surface area contributed by atoms with Gasteiger partial charge >= 0.3 is 0 Å². The number of nitrogens with zero attached hydrogens (tertiary/aromatic N) is 3. The molecule has 1 aliphatic rings. The third-order valence-corrected chi connectivity index (χ3v) is 4.09. The van der Waals surface area contributed by atoms with Crippen molar-refractivity contribution in [2.45, 2.75) is 19.4 Å². The lowest BCUT2D eigenvalue weighted by Gasteiger charge is -2.18. The van der Waals surface area contributed by atoms with Crippen LogP contribution in [0.25, 0.3) is 5.69 Å². The number of hydrogen-bond acceptors (Lipinski definition) is 3. The number of aliphatic hydroxyl groups excluding tert-OH is 1. The van der Waals surface area contributed by atoms with Crippen LogP contribution in [0.4, 0.5) is 0 Å². The molecule has 0 radical (unpaired) electrons. The van der Waals surface area contributed by atoms with E-state index in [4.69, 9.17) is 0 Å². The van der Waals surface area contributed by atoms with Crippen molar-refractivity contribution < 1.29 is 9.90 Å². The summed E-state index contributed by atoms with van der Waals surface area (Å²) < 4.78 is 1.80. The first-order valence-corrected chi connectivity index (χ1v) is 7.22. The number of aromatic nitrogens is 2. The van der Waals surface area contributed by atoms with Crippen molar-refractivity contribution in [2.75, 3.05) is 13.1 Å². The molecule has 1 saturated heterocycles. The maximum Gasteiger partial charge on any atom is 0.272 e. The Hall–Kier alpha value is -2.14. The highest BCUT2D eigenvalue weighted by Crippen LogP contribution is 2.22. The van der Waals surface area contributed by atoms with Gasteiger partial charge in [-0.1, -0.05) is 18.2 Å². The molecule has 21 heavy (non-hydrogen) atoms. The molecule has 5 heteroatoms. The van der Waals surface area contributed by atoms with Gasteiger partial charge in [0.25, 0.3) is 5.91 Å². The first kappa shape index (κ1) is 13.8. The van der Waals surface area contributed by atoms with Crippen LogP contribution < -0.4 is 0 Å². The molecule has 1 amide bonds. The maximum atomic E-state index is 12.7. The number of benzene rings is 1. The second kappa shape index (κ2) is 5.69. The van der Waals surface area contributed by atoms with Gasteiger partial charge in [-0.25, -0.2) is 4.98 Å². The van der Waals surface area contributed by atoms with E-state index >= 15 is 0 Å². The van der Waals surface area contributed by atoms with Crippen LogP contribution in [-0.2, 0) is 0 Å². The second-order valence-electron chi connectivity index (χ2n) is 5.52. The summed E-state index contributed by atoms with van der Waals surface area (Å²) in [6.45, 7) is 3.08. The fourth-order valence-corrected chi connectivity index (χ4v) is 2.78.